The van der Waals surface area contributed by atoms with Gasteiger partial charge in [0.25, 0.3) is 11.8 Å². The van der Waals surface area contributed by atoms with Crippen molar-refractivity contribution in [2.45, 2.75) is 33.1 Å². The van der Waals surface area contributed by atoms with E-state index in [1.807, 2.05) is 13.8 Å². The molecule has 2 N–H and O–H groups in total. The Hall–Kier alpha value is -2.80. The summed E-state index contributed by atoms with van der Waals surface area (Å²) in [7, 11) is 0. The molecule has 0 saturated carbocycles. The Kier molecular flexibility index (Phi) is 5.32. The Bertz CT molecular complexity index is 1100. The van der Waals surface area contributed by atoms with Gasteiger partial charge in [0, 0.05) is 41.7 Å². The zero-order chi connectivity index (χ0) is 20.5. The SMILES string of the molecule is Cc1[nH]c(CC2=c3cc(F)ccc3=NC2=O)c(C)c1C(=O)NCCN1CCCC1. The summed E-state index contributed by atoms with van der Waals surface area (Å²) in [4.78, 5) is 34.6. The van der Waals surface area contributed by atoms with Crippen molar-refractivity contribution in [3.8, 4) is 0 Å². The van der Waals surface area contributed by atoms with E-state index < -0.39 is 5.82 Å². The summed E-state index contributed by atoms with van der Waals surface area (Å²) in [6, 6.07) is 4.16. The highest BCUT2D eigenvalue weighted by Gasteiger charge is 2.23. The zero-order valence-electron chi connectivity index (χ0n) is 16.8. The number of amides is 2. The van der Waals surface area contributed by atoms with Gasteiger partial charge in [-0.1, -0.05) is 0 Å². The van der Waals surface area contributed by atoms with E-state index in [2.05, 4.69) is 20.2 Å². The topological polar surface area (TPSA) is 77.6 Å². The van der Waals surface area contributed by atoms with Crippen molar-refractivity contribution in [1.29, 1.82) is 0 Å². The highest BCUT2D eigenvalue weighted by Crippen LogP contribution is 2.21. The van der Waals surface area contributed by atoms with Crippen molar-refractivity contribution in [2.24, 2.45) is 4.99 Å². The summed E-state index contributed by atoms with van der Waals surface area (Å²) < 4.78 is 13.7. The summed E-state index contributed by atoms with van der Waals surface area (Å²) in [5.41, 5.74) is 3.42. The molecule has 4 rings (SSSR count). The number of benzene rings is 1. The molecule has 2 aliphatic rings. The normalized spacial score (nSPS) is 16.2. The number of rotatable bonds is 6. The second kappa shape index (κ2) is 7.91. The van der Waals surface area contributed by atoms with Crippen LogP contribution in [0.15, 0.2) is 23.2 Å². The molecule has 2 aliphatic heterocycles. The van der Waals surface area contributed by atoms with Crippen LogP contribution >= 0.6 is 0 Å². The molecule has 0 unspecified atom stereocenters. The maximum atomic E-state index is 13.7. The number of aromatic nitrogens is 1. The van der Waals surface area contributed by atoms with Crippen LogP contribution in [-0.4, -0.2) is 47.9 Å². The van der Waals surface area contributed by atoms with E-state index >= 15 is 0 Å². The first kappa shape index (κ1) is 19.5. The van der Waals surface area contributed by atoms with Crippen LogP contribution in [-0.2, 0) is 11.2 Å². The van der Waals surface area contributed by atoms with Gasteiger partial charge in [-0.05, 0) is 63.5 Å². The fourth-order valence-electron chi connectivity index (χ4n) is 4.24. The predicted octanol–water partition coefficient (Wildman–Crippen LogP) is 1.15. The largest absolute Gasteiger partial charge is 0.361 e. The smallest absolute Gasteiger partial charge is 0.274 e. The second-order valence-electron chi connectivity index (χ2n) is 7.77. The third-order valence-corrected chi connectivity index (χ3v) is 5.80. The van der Waals surface area contributed by atoms with Gasteiger partial charge >= 0.3 is 0 Å². The molecular formula is C22H25FN4O2. The first-order chi connectivity index (χ1) is 13.9. The molecule has 2 aromatic rings. The molecule has 6 nitrogen and oxygen atoms in total. The van der Waals surface area contributed by atoms with Crippen LogP contribution in [0.25, 0.3) is 5.57 Å². The molecule has 0 atom stereocenters. The Morgan fingerprint density at radius 1 is 1.28 bits per heavy atom. The summed E-state index contributed by atoms with van der Waals surface area (Å²) in [6.07, 6.45) is 2.74. The fourth-order valence-corrected chi connectivity index (χ4v) is 4.24. The number of nitrogens with one attached hydrogen (secondary N) is 2. The maximum absolute atomic E-state index is 13.7. The highest BCUT2D eigenvalue weighted by atomic mass is 19.1. The molecule has 1 fully saturated rings. The van der Waals surface area contributed by atoms with Crippen molar-refractivity contribution in [3.05, 3.63) is 57.1 Å². The lowest BCUT2D eigenvalue weighted by molar-refractivity contribution is -0.112. The van der Waals surface area contributed by atoms with E-state index in [1.165, 1.54) is 31.0 Å². The molecule has 1 aromatic heterocycles. The highest BCUT2D eigenvalue weighted by molar-refractivity contribution is 6.15. The Morgan fingerprint density at radius 2 is 2.03 bits per heavy atom. The second-order valence-corrected chi connectivity index (χ2v) is 7.77. The van der Waals surface area contributed by atoms with E-state index in [0.717, 1.165) is 36.6 Å². The third kappa shape index (κ3) is 3.87. The number of hydrogen-bond acceptors (Lipinski definition) is 3. The lowest BCUT2D eigenvalue weighted by atomic mass is 10.0. The first-order valence-corrected chi connectivity index (χ1v) is 10.0. The minimum atomic E-state index is -0.399. The van der Waals surface area contributed by atoms with Gasteiger partial charge in [-0.15, -0.1) is 0 Å². The van der Waals surface area contributed by atoms with Gasteiger partial charge in [0.1, 0.15) is 5.82 Å². The Morgan fingerprint density at radius 3 is 2.79 bits per heavy atom. The fraction of sp³-hybridized carbons (Fsp3) is 0.409. The molecule has 7 heteroatoms. The molecule has 0 aliphatic carbocycles. The molecule has 3 heterocycles. The number of H-pyrrole nitrogens is 1. The van der Waals surface area contributed by atoms with Crippen LogP contribution in [0.3, 0.4) is 0 Å². The molecule has 29 heavy (non-hydrogen) atoms. The number of carbonyl (C=O) groups excluding carboxylic acids is 2. The Balaban J connectivity index is 1.53. The van der Waals surface area contributed by atoms with Crippen molar-refractivity contribution in [2.75, 3.05) is 26.2 Å². The lowest BCUT2D eigenvalue weighted by Crippen LogP contribution is -2.33. The van der Waals surface area contributed by atoms with Gasteiger partial charge in [0.2, 0.25) is 0 Å². The quantitative estimate of drug-likeness (QED) is 0.769. The number of aromatic amines is 1. The minimum absolute atomic E-state index is 0.111. The van der Waals surface area contributed by atoms with E-state index in [4.69, 9.17) is 0 Å². The zero-order valence-corrected chi connectivity index (χ0v) is 16.8. The minimum Gasteiger partial charge on any atom is -0.361 e. The van der Waals surface area contributed by atoms with Gasteiger partial charge in [-0.3, -0.25) is 9.59 Å². The van der Waals surface area contributed by atoms with Crippen LogP contribution in [0.2, 0.25) is 0 Å². The molecular weight excluding hydrogens is 371 g/mol. The number of halogens is 1. The molecule has 0 bridgehead atoms. The van der Waals surface area contributed by atoms with Crippen LogP contribution in [0, 0.1) is 19.7 Å². The number of carbonyl (C=O) groups is 2. The summed E-state index contributed by atoms with van der Waals surface area (Å²) in [5.74, 6) is -0.863. The van der Waals surface area contributed by atoms with Crippen molar-refractivity contribution < 1.29 is 14.0 Å². The van der Waals surface area contributed by atoms with Gasteiger partial charge in [0.05, 0.1) is 10.9 Å². The van der Waals surface area contributed by atoms with Crippen LogP contribution < -0.4 is 15.9 Å². The van der Waals surface area contributed by atoms with Gasteiger partial charge in [0.15, 0.2) is 0 Å². The molecule has 1 saturated heterocycles. The third-order valence-electron chi connectivity index (χ3n) is 5.80. The van der Waals surface area contributed by atoms with Crippen molar-refractivity contribution in [1.82, 2.24) is 15.2 Å². The number of fused-ring (bicyclic) bond motifs is 1. The molecule has 1 aromatic carbocycles. The number of nitrogens with zero attached hydrogens (tertiary/aromatic N) is 2. The van der Waals surface area contributed by atoms with E-state index in [9.17, 15) is 14.0 Å². The van der Waals surface area contributed by atoms with Crippen LogP contribution in [0.1, 0.15) is 40.2 Å². The summed E-state index contributed by atoms with van der Waals surface area (Å²) in [5, 5.41) is 4.02. The van der Waals surface area contributed by atoms with Crippen molar-refractivity contribution >= 4 is 17.4 Å². The number of likely N-dealkylation sites (tertiary alicyclic amines) is 1. The lowest BCUT2D eigenvalue weighted by Gasteiger charge is -2.14. The monoisotopic (exact) mass is 396 g/mol. The van der Waals surface area contributed by atoms with Crippen LogP contribution in [0.4, 0.5) is 4.39 Å². The molecule has 0 radical (unpaired) electrons. The van der Waals surface area contributed by atoms with Gasteiger partial charge in [-0.2, -0.15) is 0 Å². The summed E-state index contributed by atoms with van der Waals surface area (Å²) >= 11 is 0. The Labute approximate surface area is 168 Å². The molecule has 0 spiro atoms. The average Bonchev–Trinajstić information content (AvgIpc) is 3.36. The standard InChI is InChI=1S/C22H25FN4O2/c1-13-19(12-17-16-11-15(23)5-6-18(16)26-21(17)28)25-14(2)20(13)22(29)24-7-10-27-8-3-4-9-27/h5-6,11,25H,3-4,7-10,12H2,1-2H3,(H,24,29). The van der Waals surface area contributed by atoms with E-state index in [-0.39, 0.29) is 18.2 Å². The first-order valence-electron chi connectivity index (χ1n) is 10.0. The number of hydrogen-bond donors (Lipinski definition) is 2. The number of aryl methyl sites for hydroxylation is 1. The van der Waals surface area contributed by atoms with Crippen molar-refractivity contribution in [3.63, 3.8) is 0 Å². The van der Waals surface area contributed by atoms with Gasteiger partial charge in [-0.25, -0.2) is 9.38 Å². The average molecular weight is 396 g/mol. The van der Waals surface area contributed by atoms with Gasteiger partial charge < -0.3 is 15.2 Å². The van der Waals surface area contributed by atoms with E-state index in [0.29, 0.717) is 28.3 Å². The summed E-state index contributed by atoms with van der Waals surface area (Å²) in [6.45, 7) is 7.39. The molecule has 2 amide bonds. The van der Waals surface area contributed by atoms with E-state index in [1.54, 1.807) is 0 Å². The molecule has 152 valence electrons. The predicted molar refractivity (Wildman–Crippen MR) is 108 cm³/mol. The van der Waals surface area contributed by atoms with Crippen LogP contribution in [0.5, 0.6) is 0 Å². The maximum Gasteiger partial charge on any atom is 0.274 e.